The Morgan fingerprint density at radius 3 is 2.53 bits per heavy atom. The Bertz CT molecular complexity index is 1170. The fourth-order valence-electron chi connectivity index (χ4n) is 3.19. The number of amides is 3. The second-order valence-electron chi connectivity index (χ2n) is 7.04. The average Bonchev–Trinajstić information content (AvgIpc) is 3.22. The van der Waals surface area contributed by atoms with Gasteiger partial charge in [0.05, 0.1) is 23.0 Å². The second kappa shape index (κ2) is 9.03. The molecule has 0 spiro atoms. The van der Waals surface area contributed by atoms with Crippen molar-refractivity contribution in [1.82, 2.24) is 10.6 Å². The lowest BCUT2D eigenvalue weighted by atomic mass is 10.0. The average molecular weight is 452 g/mol. The van der Waals surface area contributed by atoms with E-state index < -0.39 is 17.9 Å². The smallest absolute Gasteiger partial charge is 0.259 e. The van der Waals surface area contributed by atoms with Gasteiger partial charge in [0, 0.05) is 11.8 Å². The second-order valence-corrected chi connectivity index (χ2v) is 7.60. The van der Waals surface area contributed by atoms with Crippen LogP contribution in [0, 0.1) is 0 Å². The largest absolute Gasteiger partial charge is 0.506 e. The maximum Gasteiger partial charge on any atom is 0.259 e. The van der Waals surface area contributed by atoms with Gasteiger partial charge in [-0.3, -0.25) is 19.4 Å². The summed E-state index contributed by atoms with van der Waals surface area (Å²) in [6.07, 6.45) is 5.06. The molecule has 3 amide bonds. The van der Waals surface area contributed by atoms with Crippen molar-refractivity contribution in [3.63, 3.8) is 0 Å². The van der Waals surface area contributed by atoms with Crippen LogP contribution in [-0.2, 0) is 4.79 Å². The van der Waals surface area contributed by atoms with E-state index in [9.17, 15) is 19.5 Å². The van der Waals surface area contributed by atoms with Gasteiger partial charge in [-0.05, 0) is 42.3 Å². The van der Waals surface area contributed by atoms with Crippen molar-refractivity contribution in [2.45, 2.75) is 17.8 Å². The summed E-state index contributed by atoms with van der Waals surface area (Å²) in [5.74, 6) is -1.26. The van der Waals surface area contributed by atoms with Crippen molar-refractivity contribution in [1.29, 1.82) is 0 Å². The molecule has 2 aliphatic heterocycles. The van der Waals surface area contributed by atoms with Gasteiger partial charge in [0.2, 0.25) is 0 Å². The van der Waals surface area contributed by atoms with E-state index in [0.717, 1.165) is 0 Å². The summed E-state index contributed by atoms with van der Waals surface area (Å²) in [6, 6.07) is 10.0. The zero-order valence-electron chi connectivity index (χ0n) is 16.6. The van der Waals surface area contributed by atoms with E-state index in [4.69, 9.17) is 11.6 Å². The third-order valence-corrected chi connectivity index (χ3v) is 5.14. The van der Waals surface area contributed by atoms with E-state index >= 15 is 0 Å². The van der Waals surface area contributed by atoms with Gasteiger partial charge in [0.1, 0.15) is 11.6 Å². The number of halogens is 1. The number of aromatic hydroxyl groups is 1. The maximum absolute atomic E-state index is 12.8. The molecule has 2 aromatic carbocycles. The lowest BCUT2D eigenvalue weighted by Crippen LogP contribution is -2.25. The number of hydrogen-bond acceptors (Lipinski definition) is 6. The van der Waals surface area contributed by atoms with Crippen LogP contribution < -0.4 is 16.0 Å². The Kier molecular flexibility index (Phi) is 6.00. The van der Waals surface area contributed by atoms with E-state index in [1.165, 1.54) is 42.9 Å². The number of phenols is 1. The first-order valence-corrected chi connectivity index (χ1v) is 10.1. The number of allylic oxidation sites excluding steroid dienone is 1. The van der Waals surface area contributed by atoms with E-state index in [0.29, 0.717) is 17.8 Å². The van der Waals surface area contributed by atoms with Gasteiger partial charge in [-0.15, -0.1) is 11.6 Å². The summed E-state index contributed by atoms with van der Waals surface area (Å²) in [5.41, 5.74) is 0.944. The molecule has 0 fully saturated rings. The van der Waals surface area contributed by atoms with Crippen molar-refractivity contribution in [3.8, 4) is 5.75 Å². The number of alkyl halides is 1. The summed E-state index contributed by atoms with van der Waals surface area (Å²) >= 11 is 5.94. The Morgan fingerprint density at radius 1 is 1.09 bits per heavy atom. The number of phenolic OH excluding ortho intramolecular Hbond substituents is 1. The van der Waals surface area contributed by atoms with Crippen LogP contribution in [-0.4, -0.2) is 40.8 Å². The molecule has 2 atom stereocenters. The maximum atomic E-state index is 12.8. The molecule has 0 saturated carbocycles. The first kappa shape index (κ1) is 21.3. The standard InChI is InChI=1S/C22H18ClN5O4/c23-14-8-9-17(24-10-14)27-21(31)15-2-1-3-16(29)19(15)28-20(30)13-6-4-12(5-7-13)18-22(32)26-11-25-18/h1-7,9-11,14,18,29H,8H2,(H,27,31)(H,28,30)(H,25,26,32). The number of nitrogens with one attached hydrogen (secondary N) is 3. The number of rotatable bonds is 5. The Hall–Kier alpha value is -3.98. The zero-order chi connectivity index (χ0) is 22.7. The first-order chi connectivity index (χ1) is 15.4. The molecule has 0 aliphatic carbocycles. The van der Waals surface area contributed by atoms with E-state index in [2.05, 4.69) is 25.9 Å². The van der Waals surface area contributed by atoms with Gasteiger partial charge in [-0.2, -0.15) is 0 Å². The minimum Gasteiger partial charge on any atom is -0.506 e. The van der Waals surface area contributed by atoms with Crippen LogP contribution in [0.5, 0.6) is 5.75 Å². The van der Waals surface area contributed by atoms with Gasteiger partial charge in [-0.25, -0.2) is 4.99 Å². The fourth-order valence-corrected chi connectivity index (χ4v) is 3.33. The predicted octanol–water partition coefficient (Wildman–Crippen LogP) is 2.50. The lowest BCUT2D eigenvalue weighted by molar-refractivity contribution is -0.120. The number of anilines is 1. The Labute approximate surface area is 187 Å². The van der Waals surface area contributed by atoms with Crippen LogP contribution in [0.1, 0.15) is 38.7 Å². The van der Waals surface area contributed by atoms with Gasteiger partial charge in [-0.1, -0.05) is 18.2 Å². The number of carbonyl (C=O) groups is 3. The van der Waals surface area contributed by atoms with E-state index in [-0.39, 0.29) is 33.8 Å². The quantitative estimate of drug-likeness (QED) is 0.410. The van der Waals surface area contributed by atoms with Gasteiger partial charge >= 0.3 is 0 Å². The number of hydrogen-bond donors (Lipinski definition) is 4. The van der Waals surface area contributed by atoms with Gasteiger partial charge in [0.25, 0.3) is 17.7 Å². The normalized spacial score (nSPS) is 19.3. The third kappa shape index (κ3) is 4.52. The summed E-state index contributed by atoms with van der Waals surface area (Å²) in [6.45, 7) is 0. The highest BCUT2D eigenvalue weighted by Crippen LogP contribution is 2.28. The zero-order valence-corrected chi connectivity index (χ0v) is 17.3. The fraction of sp³-hybridized carbons (Fsp3) is 0.136. The summed E-state index contributed by atoms with van der Waals surface area (Å²) in [5, 5.41) is 17.8. The molecule has 32 heavy (non-hydrogen) atoms. The Balaban J connectivity index is 1.51. The monoisotopic (exact) mass is 451 g/mol. The molecular weight excluding hydrogens is 434 g/mol. The predicted molar refractivity (Wildman–Crippen MR) is 120 cm³/mol. The highest BCUT2D eigenvalue weighted by atomic mass is 35.5. The van der Waals surface area contributed by atoms with Crippen LogP contribution in [0.25, 0.3) is 0 Å². The highest BCUT2D eigenvalue weighted by molar-refractivity contribution is 6.28. The van der Waals surface area contributed by atoms with Crippen molar-refractivity contribution >= 4 is 47.6 Å². The van der Waals surface area contributed by atoms with Gasteiger partial charge in [0.15, 0.2) is 6.04 Å². The van der Waals surface area contributed by atoms with Crippen molar-refractivity contribution in [2.75, 3.05) is 5.32 Å². The molecule has 9 nitrogen and oxygen atoms in total. The van der Waals surface area contributed by atoms with E-state index in [1.807, 2.05) is 0 Å². The molecule has 4 rings (SSSR count). The molecule has 0 bridgehead atoms. The molecule has 162 valence electrons. The van der Waals surface area contributed by atoms with Crippen LogP contribution in [0.2, 0.25) is 0 Å². The molecule has 2 aliphatic rings. The van der Waals surface area contributed by atoms with Crippen LogP contribution in [0.3, 0.4) is 0 Å². The number of carbonyl (C=O) groups excluding carboxylic acids is 3. The van der Waals surface area contributed by atoms with Gasteiger partial charge < -0.3 is 21.1 Å². The number of nitrogens with zero attached hydrogens (tertiary/aromatic N) is 2. The molecule has 2 unspecified atom stereocenters. The minimum absolute atomic E-state index is 0.0329. The lowest BCUT2D eigenvalue weighted by Gasteiger charge is -2.15. The van der Waals surface area contributed by atoms with Crippen molar-refractivity contribution in [3.05, 3.63) is 71.1 Å². The summed E-state index contributed by atoms with van der Waals surface area (Å²) in [7, 11) is 0. The number of benzene rings is 2. The molecular formula is C22H18ClN5O4. The molecule has 4 N–H and O–H groups in total. The third-order valence-electron chi connectivity index (χ3n) is 4.85. The SMILES string of the molecule is O=C(Nc1c(O)cccc1C(=O)NC1=CCC(Cl)C=N1)c1ccc(C2N=CNC2=O)cc1. The van der Waals surface area contributed by atoms with Crippen LogP contribution >= 0.6 is 11.6 Å². The number of aliphatic imine (C=N–C) groups is 2. The summed E-state index contributed by atoms with van der Waals surface area (Å²) < 4.78 is 0. The molecule has 0 radical (unpaired) electrons. The number of para-hydroxylation sites is 1. The highest BCUT2D eigenvalue weighted by Gasteiger charge is 2.23. The molecule has 0 saturated heterocycles. The van der Waals surface area contributed by atoms with Crippen LogP contribution in [0.4, 0.5) is 5.69 Å². The summed E-state index contributed by atoms with van der Waals surface area (Å²) in [4.78, 5) is 45.3. The molecule has 2 heterocycles. The van der Waals surface area contributed by atoms with E-state index in [1.54, 1.807) is 18.2 Å². The molecule has 0 aromatic heterocycles. The van der Waals surface area contributed by atoms with Crippen LogP contribution in [0.15, 0.2) is 64.3 Å². The van der Waals surface area contributed by atoms with Crippen molar-refractivity contribution in [2.24, 2.45) is 9.98 Å². The minimum atomic E-state index is -0.647. The molecule has 10 heteroatoms. The Morgan fingerprint density at radius 2 is 1.88 bits per heavy atom. The first-order valence-electron chi connectivity index (χ1n) is 9.67. The van der Waals surface area contributed by atoms with Crippen molar-refractivity contribution < 1.29 is 19.5 Å². The molecule has 2 aromatic rings. The topological polar surface area (TPSA) is 132 Å².